The first kappa shape index (κ1) is 24.4. The Bertz CT molecular complexity index is 1360. The predicted molar refractivity (Wildman–Crippen MR) is 150 cm³/mol. The number of benzene rings is 2. The van der Waals surface area contributed by atoms with Gasteiger partial charge in [0.1, 0.15) is 11.6 Å². The monoisotopic (exact) mass is 479 g/mol. The number of piperidine rings is 1. The van der Waals surface area contributed by atoms with Crippen LogP contribution in [0.3, 0.4) is 0 Å². The highest BCUT2D eigenvalue weighted by atomic mass is 15.2. The number of rotatable bonds is 6. The highest BCUT2D eigenvalue weighted by Crippen LogP contribution is 2.32. The van der Waals surface area contributed by atoms with E-state index in [1.54, 1.807) is 0 Å². The third kappa shape index (κ3) is 5.41. The van der Waals surface area contributed by atoms with Crippen molar-refractivity contribution >= 4 is 22.4 Å². The van der Waals surface area contributed by atoms with Crippen LogP contribution in [0.25, 0.3) is 22.2 Å². The molecule has 1 aliphatic rings. The molecule has 0 atom stereocenters. The molecule has 0 bridgehead atoms. The van der Waals surface area contributed by atoms with Crippen molar-refractivity contribution in [2.24, 2.45) is 5.41 Å². The van der Waals surface area contributed by atoms with Crippen LogP contribution in [0.4, 0.5) is 11.5 Å². The summed E-state index contributed by atoms with van der Waals surface area (Å²) in [7, 11) is 0. The van der Waals surface area contributed by atoms with Crippen LogP contribution < -0.4 is 5.32 Å². The van der Waals surface area contributed by atoms with Crippen molar-refractivity contribution in [3.63, 3.8) is 0 Å². The number of hydrogen-bond acceptors (Lipinski definition) is 5. The van der Waals surface area contributed by atoms with Crippen LogP contribution in [0, 0.1) is 12.3 Å². The fraction of sp³-hybridized carbons (Fsp3) is 0.387. The standard InChI is InChI=1S/C31H37N5/c1-21(2)23-9-12-25(13-10-23)33-30-26-14-11-24(29-22(3)8-6-16-32-29)18-27(26)34-28(35-30)19-36-17-7-15-31(4,5)20-36/h6,8-14,16,18,21H,7,15,17,19-20H2,1-5H3,(H,33,34,35). The van der Waals surface area contributed by atoms with Crippen LogP contribution in [-0.2, 0) is 6.54 Å². The van der Waals surface area contributed by atoms with Crippen LogP contribution in [-0.4, -0.2) is 32.9 Å². The van der Waals surface area contributed by atoms with Gasteiger partial charge in [0.2, 0.25) is 0 Å². The van der Waals surface area contributed by atoms with E-state index in [-0.39, 0.29) is 0 Å². The molecule has 1 aliphatic heterocycles. The molecule has 5 rings (SSSR count). The summed E-state index contributed by atoms with van der Waals surface area (Å²) in [5, 5.41) is 4.61. The van der Waals surface area contributed by atoms with Crippen LogP contribution in [0.5, 0.6) is 0 Å². The molecular weight excluding hydrogens is 442 g/mol. The van der Waals surface area contributed by atoms with Crippen molar-refractivity contribution < 1.29 is 0 Å². The highest BCUT2D eigenvalue weighted by molar-refractivity contribution is 5.93. The molecule has 0 aliphatic carbocycles. The number of fused-ring (bicyclic) bond motifs is 1. The molecule has 2 aromatic carbocycles. The number of hydrogen-bond donors (Lipinski definition) is 1. The molecule has 4 aromatic rings. The van der Waals surface area contributed by atoms with E-state index in [1.807, 2.05) is 12.3 Å². The second kappa shape index (κ2) is 9.98. The van der Waals surface area contributed by atoms with Gasteiger partial charge in [-0.05, 0) is 79.1 Å². The van der Waals surface area contributed by atoms with Gasteiger partial charge in [0.25, 0.3) is 0 Å². The number of aromatic nitrogens is 3. The van der Waals surface area contributed by atoms with Crippen molar-refractivity contribution in [2.45, 2.75) is 59.9 Å². The lowest BCUT2D eigenvalue weighted by molar-refractivity contribution is 0.109. The first-order valence-corrected chi connectivity index (χ1v) is 13.1. The van der Waals surface area contributed by atoms with Crippen molar-refractivity contribution in [1.82, 2.24) is 19.9 Å². The third-order valence-corrected chi connectivity index (χ3v) is 7.21. The van der Waals surface area contributed by atoms with Gasteiger partial charge in [-0.3, -0.25) is 9.88 Å². The Hall–Kier alpha value is -3.31. The SMILES string of the molecule is Cc1cccnc1-c1ccc2c(Nc3ccc(C(C)C)cc3)nc(CN3CCCC(C)(C)C3)nc2c1. The second-order valence-electron chi connectivity index (χ2n) is 11.3. The molecule has 1 saturated heterocycles. The number of likely N-dealkylation sites (tertiary alicyclic amines) is 1. The van der Waals surface area contributed by atoms with Gasteiger partial charge < -0.3 is 5.32 Å². The normalized spacial score (nSPS) is 15.9. The Labute approximate surface area is 215 Å². The summed E-state index contributed by atoms with van der Waals surface area (Å²) in [5.74, 6) is 2.22. The smallest absolute Gasteiger partial charge is 0.145 e. The predicted octanol–water partition coefficient (Wildman–Crippen LogP) is 7.49. The van der Waals surface area contributed by atoms with Crippen molar-refractivity contribution in [1.29, 1.82) is 0 Å². The van der Waals surface area contributed by atoms with E-state index in [2.05, 4.69) is 98.4 Å². The summed E-state index contributed by atoms with van der Waals surface area (Å²) < 4.78 is 0. The third-order valence-electron chi connectivity index (χ3n) is 7.21. The Balaban J connectivity index is 1.54. The fourth-order valence-electron chi connectivity index (χ4n) is 5.25. The summed E-state index contributed by atoms with van der Waals surface area (Å²) in [6.45, 7) is 14.2. The van der Waals surface area contributed by atoms with Gasteiger partial charge in [-0.1, -0.05) is 52.0 Å². The van der Waals surface area contributed by atoms with Gasteiger partial charge in [0.15, 0.2) is 0 Å². The van der Waals surface area contributed by atoms with Gasteiger partial charge >= 0.3 is 0 Å². The zero-order chi connectivity index (χ0) is 25.3. The lowest BCUT2D eigenvalue weighted by atomic mass is 9.84. The van der Waals surface area contributed by atoms with E-state index >= 15 is 0 Å². The van der Waals surface area contributed by atoms with E-state index < -0.39 is 0 Å². The fourth-order valence-corrected chi connectivity index (χ4v) is 5.25. The van der Waals surface area contributed by atoms with Crippen molar-refractivity contribution in [3.05, 3.63) is 77.7 Å². The highest BCUT2D eigenvalue weighted by Gasteiger charge is 2.27. The van der Waals surface area contributed by atoms with Crippen LogP contribution in [0.15, 0.2) is 60.8 Å². The maximum Gasteiger partial charge on any atom is 0.145 e. The average Bonchev–Trinajstić information content (AvgIpc) is 2.84. The zero-order valence-corrected chi connectivity index (χ0v) is 22.2. The van der Waals surface area contributed by atoms with E-state index in [1.165, 1.54) is 18.4 Å². The zero-order valence-electron chi connectivity index (χ0n) is 22.2. The first-order chi connectivity index (χ1) is 17.3. The quantitative estimate of drug-likeness (QED) is 0.310. The number of nitrogens with one attached hydrogen (secondary N) is 1. The molecule has 1 fully saturated rings. The summed E-state index contributed by atoms with van der Waals surface area (Å²) in [4.78, 5) is 17.2. The topological polar surface area (TPSA) is 53.9 Å². The number of pyridine rings is 1. The van der Waals surface area contributed by atoms with Crippen LogP contribution >= 0.6 is 0 Å². The van der Waals surface area contributed by atoms with E-state index in [9.17, 15) is 0 Å². The molecule has 0 radical (unpaired) electrons. The molecule has 0 spiro atoms. The molecule has 2 aromatic heterocycles. The molecule has 186 valence electrons. The number of aryl methyl sites for hydroxylation is 1. The molecule has 0 unspecified atom stereocenters. The Morgan fingerprint density at radius 2 is 1.83 bits per heavy atom. The lowest BCUT2D eigenvalue weighted by Crippen LogP contribution is -2.39. The number of nitrogens with zero attached hydrogens (tertiary/aromatic N) is 4. The number of anilines is 2. The van der Waals surface area contributed by atoms with E-state index in [4.69, 9.17) is 9.97 Å². The minimum Gasteiger partial charge on any atom is -0.340 e. The minimum atomic E-state index is 0.331. The molecule has 36 heavy (non-hydrogen) atoms. The van der Waals surface area contributed by atoms with Gasteiger partial charge in [0.05, 0.1) is 17.8 Å². The average molecular weight is 480 g/mol. The summed E-state index contributed by atoms with van der Waals surface area (Å²) in [6.07, 6.45) is 4.34. The lowest BCUT2D eigenvalue weighted by Gasteiger charge is -2.37. The molecule has 5 heteroatoms. The van der Waals surface area contributed by atoms with Gasteiger partial charge in [-0.25, -0.2) is 9.97 Å². The van der Waals surface area contributed by atoms with E-state index in [0.717, 1.165) is 64.7 Å². The second-order valence-corrected chi connectivity index (χ2v) is 11.3. The summed E-state index contributed by atoms with van der Waals surface area (Å²) >= 11 is 0. The first-order valence-electron chi connectivity index (χ1n) is 13.1. The maximum absolute atomic E-state index is 5.05. The summed E-state index contributed by atoms with van der Waals surface area (Å²) in [6, 6.07) is 19.1. The maximum atomic E-state index is 5.05. The Morgan fingerprint density at radius 3 is 2.56 bits per heavy atom. The van der Waals surface area contributed by atoms with Gasteiger partial charge in [-0.2, -0.15) is 0 Å². The minimum absolute atomic E-state index is 0.331. The Kier molecular flexibility index (Phi) is 6.76. The Morgan fingerprint density at radius 1 is 1.03 bits per heavy atom. The van der Waals surface area contributed by atoms with Crippen LogP contribution in [0.2, 0.25) is 0 Å². The van der Waals surface area contributed by atoms with Crippen molar-refractivity contribution in [3.8, 4) is 11.3 Å². The molecular formula is C31H37N5. The van der Waals surface area contributed by atoms with Gasteiger partial charge in [-0.15, -0.1) is 0 Å². The van der Waals surface area contributed by atoms with Crippen LogP contribution in [0.1, 0.15) is 63.4 Å². The molecule has 0 amide bonds. The van der Waals surface area contributed by atoms with Crippen molar-refractivity contribution in [2.75, 3.05) is 18.4 Å². The molecule has 1 N–H and O–H groups in total. The largest absolute Gasteiger partial charge is 0.340 e. The van der Waals surface area contributed by atoms with Gasteiger partial charge in [0, 0.05) is 29.4 Å². The molecule has 0 saturated carbocycles. The molecule has 3 heterocycles. The molecule has 5 nitrogen and oxygen atoms in total. The van der Waals surface area contributed by atoms with E-state index in [0.29, 0.717) is 11.3 Å². The summed E-state index contributed by atoms with van der Waals surface area (Å²) in [5.41, 5.74) is 6.88.